The first-order valence-electron chi connectivity index (χ1n) is 7.72. The predicted octanol–water partition coefficient (Wildman–Crippen LogP) is 6.23. The van der Waals surface area contributed by atoms with E-state index in [1.165, 1.54) is 0 Å². The van der Waals surface area contributed by atoms with E-state index in [9.17, 15) is 35.1 Å². The highest BCUT2D eigenvalue weighted by Gasteiger charge is 2.45. The van der Waals surface area contributed by atoms with Crippen LogP contribution in [-0.2, 0) is 0 Å². The molecule has 0 saturated carbocycles. The summed E-state index contributed by atoms with van der Waals surface area (Å²) in [5.74, 6) is -2.07. The van der Waals surface area contributed by atoms with Gasteiger partial charge in [0.1, 0.15) is 11.6 Å². The van der Waals surface area contributed by atoms with Gasteiger partial charge in [-0.2, -0.15) is 22.0 Å². The molecule has 1 unspecified atom stereocenters. The average Bonchev–Trinajstić information content (AvgIpc) is 2.51. The Balaban J connectivity index is 2.52. The zero-order chi connectivity index (χ0) is 19.3. The summed E-state index contributed by atoms with van der Waals surface area (Å²) in [6.07, 6.45) is -8.36. The van der Waals surface area contributed by atoms with Gasteiger partial charge in [0.15, 0.2) is 6.17 Å². The van der Waals surface area contributed by atoms with Gasteiger partial charge in [-0.3, -0.25) is 0 Å². The molecule has 9 heteroatoms. The zero-order valence-corrected chi connectivity index (χ0v) is 13.5. The van der Waals surface area contributed by atoms with Gasteiger partial charge in [-0.05, 0) is 25.0 Å². The van der Waals surface area contributed by atoms with Crippen molar-refractivity contribution in [1.29, 1.82) is 0 Å². The van der Waals surface area contributed by atoms with Crippen molar-refractivity contribution in [2.45, 2.75) is 56.9 Å². The normalized spacial score (nSPS) is 13.8. The van der Waals surface area contributed by atoms with E-state index in [0.717, 1.165) is 13.1 Å². The van der Waals surface area contributed by atoms with Gasteiger partial charge < -0.3 is 4.90 Å². The first kappa shape index (κ1) is 21.5. The Kier molecular flexibility index (Phi) is 7.49. The van der Waals surface area contributed by atoms with E-state index in [1.54, 1.807) is 0 Å². The third kappa shape index (κ3) is 6.70. The predicted molar refractivity (Wildman–Crippen MR) is 78.4 cm³/mol. The number of nitrogens with zero attached hydrogens (tertiary/aromatic N) is 1. The van der Waals surface area contributed by atoms with Gasteiger partial charge in [-0.1, -0.05) is 19.3 Å². The molecule has 0 aliphatic heterocycles. The monoisotopic (exact) mass is 377 g/mol. The lowest BCUT2D eigenvalue weighted by Crippen LogP contribution is -2.47. The summed E-state index contributed by atoms with van der Waals surface area (Å²) in [5, 5.41) is 0. The fraction of sp³-hybridized carbons (Fsp3) is 0.625. The van der Waals surface area contributed by atoms with E-state index in [2.05, 4.69) is 0 Å². The van der Waals surface area contributed by atoms with Crippen molar-refractivity contribution in [3.63, 3.8) is 0 Å². The third-order valence-electron chi connectivity index (χ3n) is 3.76. The molecule has 0 radical (unpaired) electrons. The van der Waals surface area contributed by atoms with Crippen molar-refractivity contribution in [1.82, 2.24) is 0 Å². The maximum absolute atomic E-state index is 14.1. The van der Waals surface area contributed by atoms with Crippen molar-refractivity contribution < 1.29 is 35.1 Å². The van der Waals surface area contributed by atoms with Gasteiger partial charge in [0.2, 0.25) is 0 Å². The maximum atomic E-state index is 14.1. The number of unbranched alkanes of at least 4 members (excludes halogenated alkanes) is 3. The van der Waals surface area contributed by atoms with E-state index in [-0.39, 0.29) is 30.6 Å². The lowest BCUT2D eigenvalue weighted by atomic mass is 10.1. The highest BCUT2D eigenvalue weighted by Crippen LogP contribution is 2.34. The van der Waals surface area contributed by atoms with Crippen LogP contribution in [-0.4, -0.2) is 25.4 Å². The zero-order valence-electron chi connectivity index (χ0n) is 13.5. The molecule has 1 atom stereocenters. The van der Waals surface area contributed by atoms with E-state index in [0.29, 0.717) is 12.1 Å². The van der Waals surface area contributed by atoms with Gasteiger partial charge in [0.25, 0.3) is 0 Å². The molecule has 0 N–H and O–H groups in total. The van der Waals surface area contributed by atoms with Gasteiger partial charge >= 0.3 is 12.2 Å². The number of alkyl halides is 6. The van der Waals surface area contributed by atoms with E-state index in [4.69, 9.17) is 0 Å². The summed E-state index contributed by atoms with van der Waals surface area (Å²) >= 11 is 0. The Hall–Kier alpha value is -1.54. The Bertz CT molecular complexity index is 543. The SMILES string of the molecule is CN(c1cc(F)ccc1F)C(F)(F)C(F)CCCCCCC(F)(F)F. The van der Waals surface area contributed by atoms with Crippen LogP contribution in [0, 0.1) is 11.6 Å². The number of rotatable bonds is 9. The maximum Gasteiger partial charge on any atom is 0.389 e. The smallest absolute Gasteiger partial charge is 0.311 e. The number of hydrogen-bond donors (Lipinski definition) is 0. The molecule has 0 bridgehead atoms. The van der Waals surface area contributed by atoms with Crippen LogP contribution in [0.3, 0.4) is 0 Å². The van der Waals surface area contributed by atoms with Gasteiger partial charge in [0.05, 0.1) is 5.69 Å². The minimum Gasteiger partial charge on any atom is -0.311 e. The second-order valence-electron chi connectivity index (χ2n) is 5.78. The molecule has 0 heterocycles. The molecule has 0 aromatic heterocycles. The second kappa shape index (κ2) is 8.71. The molecule has 25 heavy (non-hydrogen) atoms. The Morgan fingerprint density at radius 3 is 2.16 bits per heavy atom. The molecule has 0 fully saturated rings. The lowest BCUT2D eigenvalue weighted by molar-refractivity contribution is -0.135. The molecule has 1 rings (SSSR count). The molecule has 1 aromatic carbocycles. The Morgan fingerprint density at radius 1 is 0.960 bits per heavy atom. The molecule has 0 saturated heterocycles. The quantitative estimate of drug-likeness (QED) is 0.280. The fourth-order valence-corrected chi connectivity index (χ4v) is 2.29. The number of halogens is 8. The van der Waals surface area contributed by atoms with Crippen LogP contribution in [0.1, 0.15) is 38.5 Å². The molecule has 144 valence electrons. The lowest BCUT2D eigenvalue weighted by Gasteiger charge is -2.32. The van der Waals surface area contributed by atoms with E-state index >= 15 is 0 Å². The largest absolute Gasteiger partial charge is 0.389 e. The fourth-order valence-electron chi connectivity index (χ4n) is 2.29. The molecular formula is C16H19F8N. The molecule has 1 aromatic rings. The second-order valence-corrected chi connectivity index (χ2v) is 5.78. The minimum absolute atomic E-state index is 0.0275. The van der Waals surface area contributed by atoms with Crippen LogP contribution in [0.2, 0.25) is 0 Å². The van der Waals surface area contributed by atoms with Gasteiger partial charge in [-0.15, -0.1) is 0 Å². The standard InChI is InChI=1S/C16H19F8N/c1-25(13-10-11(17)7-8-12(13)18)16(23,24)14(19)6-4-2-3-5-9-15(20,21)22/h7-8,10,14H,2-6,9H2,1H3. The molecule has 1 nitrogen and oxygen atoms in total. The van der Waals surface area contributed by atoms with E-state index in [1.807, 2.05) is 0 Å². The Labute approximate surface area is 140 Å². The minimum atomic E-state index is -4.27. The highest BCUT2D eigenvalue weighted by molar-refractivity contribution is 5.48. The number of hydrogen-bond acceptors (Lipinski definition) is 1. The summed E-state index contributed by atoms with van der Waals surface area (Å²) in [7, 11) is 0.744. The van der Waals surface area contributed by atoms with Crippen molar-refractivity contribution >= 4 is 5.69 Å². The van der Waals surface area contributed by atoms with Crippen molar-refractivity contribution in [3.8, 4) is 0 Å². The van der Waals surface area contributed by atoms with Crippen LogP contribution in [0.25, 0.3) is 0 Å². The molecule has 0 amide bonds. The van der Waals surface area contributed by atoms with E-state index < -0.39 is 48.6 Å². The van der Waals surface area contributed by atoms with Gasteiger partial charge in [-0.25, -0.2) is 13.2 Å². The number of anilines is 1. The van der Waals surface area contributed by atoms with Crippen LogP contribution in [0.4, 0.5) is 40.8 Å². The number of benzene rings is 1. The molecule has 0 spiro atoms. The summed E-state index contributed by atoms with van der Waals surface area (Å²) in [4.78, 5) is 0.0275. The van der Waals surface area contributed by atoms with Crippen LogP contribution in [0.5, 0.6) is 0 Å². The van der Waals surface area contributed by atoms with Crippen molar-refractivity contribution in [3.05, 3.63) is 29.8 Å². The third-order valence-corrected chi connectivity index (χ3v) is 3.76. The molecular weight excluding hydrogens is 358 g/mol. The van der Waals surface area contributed by atoms with Crippen LogP contribution in [0.15, 0.2) is 18.2 Å². The molecule has 0 aliphatic carbocycles. The average molecular weight is 377 g/mol. The molecule has 0 aliphatic rings. The van der Waals surface area contributed by atoms with Crippen LogP contribution < -0.4 is 4.90 Å². The topological polar surface area (TPSA) is 3.24 Å². The summed E-state index contributed by atoms with van der Waals surface area (Å²) < 4.78 is 104. The van der Waals surface area contributed by atoms with Crippen molar-refractivity contribution in [2.75, 3.05) is 11.9 Å². The first-order chi connectivity index (χ1) is 11.4. The van der Waals surface area contributed by atoms with Crippen LogP contribution >= 0.6 is 0 Å². The van der Waals surface area contributed by atoms with Gasteiger partial charge in [0, 0.05) is 19.5 Å². The Morgan fingerprint density at radius 2 is 1.56 bits per heavy atom. The van der Waals surface area contributed by atoms with Crippen molar-refractivity contribution in [2.24, 2.45) is 0 Å². The summed E-state index contributed by atoms with van der Waals surface area (Å²) in [5.41, 5.74) is -0.780. The highest BCUT2D eigenvalue weighted by atomic mass is 19.4. The first-order valence-corrected chi connectivity index (χ1v) is 7.72. The summed E-state index contributed by atoms with van der Waals surface area (Å²) in [6.45, 7) is 0. The summed E-state index contributed by atoms with van der Waals surface area (Å²) in [6, 6.07) is -2.14.